The van der Waals surface area contributed by atoms with Crippen LogP contribution >= 0.6 is 0 Å². The van der Waals surface area contributed by atoms with Crippen LogP contribution in [0.5, 0.6) is 0 Å². The molecule has 6 nitrogen and oxygen atoms in total. The molecular weight excluding hydrogens is 214 g/mol. The Morgan fingerprint density at radius 2 is 2.00 bits per heavy atom. The number of carbonyl (C=O) groups excluding carboxylic acids is 2. The first-order chi connectivity index (χ1) is 7.61. The van der Waals surface area contributed by atoms with Crippen LogP contribution in [0, 0.1) is 0 Å². The van der Waals surface area contributed by atoms with Crippen LogP contribution in [0.4, 0.5) is 4.79 Å². The lowest BCUT2D eigenvalue weighted by Crippen LogP contribution is -2.23. The van der Waals surface area contributed by atoms with Crippen molar-refractivity contribution in [1.82, 2.24) is 5.48 Å². The fraction of sp³-hybridized carbons (Fsp3) is 0.600. The fourth-order valence-corrected chi connectivity index (χ4v) is 0.734. The number of esters is 1. The molecule has 0 spiro atoms. The number of rotatable bonds is 7. The van der Waals surface area contributed by atoms with E-state index in [4.69, 9.17) is 0 Å². The van der Waals surface area contributed by atoms with E-state index in [1.165, 1.54) is 0 Å². The van der Waals surface area contributed by atoms with E-state index in [1.807, 2.05) is 6.92 Å². The Kier molecular flexibility index (Phi) is 7.87. The highest BCUT2D eigenvalue weighted by Crippen LogP contribution is 1.99. The van der Waals surface area contributed by atoms with Crippen molar-refractivity contribution in [1.29, 1.82) is 0 Å². The lowest BCUT2D eigenvalue weighted by Gasteiger charge is -2.07. The number of unbranched alkanes of at least 4 members (excludes halogenated alkanes) is 1. The van der Waals surface area contributed by atoms with Crippen molar-refractivity contribution in [2.45, 2.75) is 26.7 Å². The zero-order valence-corrected chi connectivity index (χ0v) is 9.58. The Morgan fingerprint density at radius 3 is 2.56 bits per heavy atom. The number of hydrogen-bond donors (Lipinski definition) is 1. The summed E-state index contributed by atoms with van der Waals surface area (Å²) in [7, 11) is 0. The molecule has 0 saturated carbocycles. The van der Waals surface area contributed by atoms with Gasteiger partial charge in [-0.1, -0.05) is 13.3 Å². The summed E-state index contributed by atoms with van der Waals surface area (Å²) >= 11 is 0. The number of carbonyl (C=O) groups is 2. The molecule has 0 aliphatic rings. The Hall–Kier alpha value is -1.56. The van der Waals surface area contributed by atoms with E-state index >= 15 is 0 Å². The molecule has 0 rings (SSSR count). The van der Waals surface area contributed by atoms with Gasteiger partial charge >= 0.3 is 12.1 Å². The summed E-state index contributed by atoms with van der Waals surface area (Å²) in [5.74, 6) is -1.18. The maximum Gasteiger partial charge on any atom is 0.533 e. The van der Waals surface area contributed by atoms with E-state index in [9.17, 15) is 9.59 Å². The zero-order chi connectivity index (χ0) is 12.4. The second-order valence-corrected chi connectivity index (χ2v) is 2.85. The van der Waals surface area contributed by atoms with E-state index in [2.05, 4.69) is 26.4 Å². The smallest absolute Gasteiger partial charge is 0.460 e. The van der Waals surface area contributed by atoms with E-state index in [0.29, 0.717) is 6.54 Å². The highest BCUT2D eigenvalue weighted by Gasteiger charge is 2.14. The molecule has 0 fully saturated rings. The molecule has 0 radical (unpaired) electrons. The van der Waals surface area contributed by atoms with Crippen LogP contribution in [-0.2, 0) is 19.1 Å². The zero-order valence-electron chi connectivity index (χ0n) is 9.58. The summed E-state index contributed by atoms with van der Waals surface area (Å²) in [5, 5.41) is 0. The van der Waals surface area contributed by atoms with Crippen molar-refractivity contribution < 1.29 is 23.9 Å². The van der Waals surface area contributed by atoms with Crippen LogP contribution in [0.1, 0.15) is 26.7 Å². The third-order valence-electron chi connectivity index (χ3n) is 1.50. The lowest BCUT2D eigenvalue weighted by atomic mass is 10.3. The average molecular weight is 231 g/mol. The van der Waals surface area contributed by atoms with Gasteiger partial charge in [0.15, 0.2) is 0 Å². The van der Waals surface area contributed by atoms with Gasteiger partial charge in [0, 0.05) is 6.54 Å². The standard InChI is InChI=1S/C10H17NO5/c1-4-6-7-11-16-10(13)15-8(3)9(12)14-5-2/h11H,3-7H2,1-2H3. The molecule has 0 amide bonds. The molecule has 16 heavy (non-hydrogen) atoms. The maximum absolute atomic E-state index is 11.0. The first-order valence-corrected chi connectivity index (χ1v) is 5.09. The minimum Gasteiger partial charge on any atom is -0.460 e. The average Bonchev–Trinajstić information content (AvgIpc) is 2.24. The van der Waals surface area contributed by atoms with Gasteiger partial charge < -0.3 is 14.3 Å². The van der Waals surface area contributed by atoms with Gasteiger partial charge in [-0.25, -0.2) is 9.59 Å². The quantitative estimate of drug-likeness (QED) is 0.235. The third-order valence-corrected chi connectivity index (χ3v) is 1.50. The summed E-state index contributed by atoms with van der Waals surface area (Å²) in [6, 6.07) is 0. The van der Waals surface area contributed by atoms with Crippen LogP contribution in [0.15, 0.2) is 12.3 Å². The van der Waals surface area contributed by atoms with Gasteiger partial charge in [0.05, 0.1) is 6.61 Å². The Morgan fingerprint density at radius 1 is 1.31 bits per heavy atom. The van der Waals surface area contributed by atoms with Gasteiger partial charge in [0.1, 0.15) is 0 Å². The van der Waals surface area contributed by atoms with Crippen LogP contribution < -0.4 is 5.48 Å². The maximum atomic E-state index is 11.0. The fourth-order valence-electron chi connectivity index (χ4n) is 0.734. The van der Waals surface area contributed by atoms with Crippen LogP contribution in [0.25, 0.3) is 0 Å². The highest BCUT2D eigenvalue weighted by molar-refractivity contribution is 5.87. The first-order valence-electron chi connectivity index (χ1n) is 5.09. The molecule has 0 unspecified atom stereocenters. The molecule has 0 aliphatic carbocycles. The van der Waals surface area contributed by atoms with Gasteiger partial charge in [-0.05, 0) is 19.9 Å². The Labute approximate surface area is 94.5 Å². The predicted molar refractivity (Wildman–Crippen MR) is 56.2 cm³/mol. The van der Waals surface area contributed by atoms with Crippen LogP contribution in [0.2, 0.25) is 0 Å². The Bertz CT molecular complexity index is 252. The molecule has 0 aromatic carbocycles. The summed E-state index contributed by atoms with van der Waals surface area (Å²) < 4.78 is 9.01. The molecule has 0 saturated heterocycles. The van der Waals surface area contributed by atoms with Gasteiger partial charge in [0.2, 0.25) is 5.76 Å². The summed E-state index contributed by atoms with van der Waals surface area (Å²) in [5.41, 5.74) is 2.39. The van der Waals surface area contributed by atoms with Gasteiger partial charge in [-0.15, -0.1) is 5.48 Å². The molecule has 92 valence electrons. The van der Waals surface area contributed by atoms with Crippen molar-refractivity contribution in [2.24, 2.45) is 0 Å². The second-order valence-electron chi connectivity index (χ2n) is 2.85. The summed E-state index contributed by atoms with van der Waals surface area (Å²) in [6.07, 6.45) is 0.807. The predicted octanol–water partition coefficient (Wildman–Crippen LogP) is 1.52. The van der Waals surface area contributed by atoms with E-state index in [-0.39, 0.29) is 6.61 Å². The van der Waals surface area contributed by atoms with Crippen molar-refractivity contribution in [3.63, 3.8) is 0 Å². The second kappa shape index (κ2) is 8.72. The molecule has 6 heteroatoms. The normalized spacial score (nSPS) is 9.38. The first kappa shape index (κ1) is 14.4. The van der Waals surface area contributed by atoms with Crippen LogP contribution in [-0.4, -0.2) is 25.3 Å². The number of nitrogens with one attached hydrogen (secondary N) is 1. The summed E-state index contributed by atoms with van der Waals surface area (Å²) in [4.78, 5) is 26.4. The molecule has 0 heterocycles. The number of hydroxylamine groups is 1. The van der Waals surface area contributed by atoms with E-state index < -0.39 is 17.9 Å². The highest BCUT2D eigenvalue weighted by atomic mass is 16.8. The molecule has 0 bridgehead atoms. The van der Waals surface area contributed by atoms with Crippen molar-refractivity contribution in [2.75, 3.05) is 13.2 Å². The van der Waals surface area contributed by atoms with E-state index in [0.717, 1.165) is 12.8 Å². The Balaban J connectivity index is 3.70. The number of ether oxygens (including phenoxy) is 2. The van der Waals surface area contributed by atoms with E-state index in [1.54, 1.807) is 6.92 Å². The van der Waals surface area contributed by atoms with Crippen molar-refractivity contribution in [3.05, 3.63) is 12.3 Å². The number of hydrogen-bond acceptors (Lipinski definition) is 6. The van der Waals surface area contributed by atoms with Crippen molar-refractivity contribution >= 4 is 12.1 Å². The van der Waals surface area contributed by atoms with Crippen LogP contribution in [0.3, 0.4) is 0 Å². The monoisotopic (exact) mass is 231 g/mol. The summed E-state index contributed by atoms with van der Waals surface area (Å²) in [6.45, 7) is 7.58. The molecule has 0 aromatic heterocycles. The van der Waals surface area contributed by atoms with Gasteiger partial charge in [-0.3, -0.25) is 0 Å². The molecule has 0 aromatic rings. The van der Waals surface area contributed by atoms with Crippen molar-refractivity contribution in [3.8, 4) is 0 Å². The molecule has 0 aliphatic heterocycles. The third kappa shape index (κ3) is 6.83. The SMILES string of the molecule is C=C(OC(=O)ONCCCC)C(=O)OCC. The van der Waals surface area contributed by atoms with Gasteiger partial charge in [-0.2, -0.15) is 0 Å². The minimum atomic E-state index is -1.03. The molecule has 1 N–H and O–H groups in total. The lowest BCUT2D eigenvalue weighted by molar-refractivity contribution is -0.142. The molecule has 0 atom stereocenters. The molecular formula is C10H17NO5. The largest absolute Gasteiger partial charge is 0.533 e. The minimum absolute atomic E-state index is 0.186. The topological polar surface area (TPSA) is 73.9 Å². The van der Waals surface area contributed by atoms with Gasteiger partial charge in [0.25, 0.3) is 0 Å².